The van der Waals surface area contributed by atoms with Gasteiger partial charge in [-0.3, -0.25) is 0 Å². The normalized spacial score (nSPS) is 16.1. The first-order valence-corrected chi connectivity index (χ1v) is 9.49. The van der Waals surface area contributed by atoms with Crippen molar-refractivity contribution in [1.29, 1.82) is 0 Å². The summed E-state index contributed by atoms with van der Waals surface area (Å²) in [6.45, 7) is 4.44. The third kappa shape index (κ3) is 3.56. The molecule has 1 aliphatic rings. The number of benzene rings is 1. The molecule has 0 radical (unpaired) electrons. The van der Waals surface area contributed by atoms with Gasteiger partial charge in [0.2, 0.25) is 10.0 Å². The van der Waals surface area contributed by atoms with Gasteiger partial charge < -0.3 is 0 Å². The fraction of sp³-hybridized carbons (Fsp3) is 0.571. The second-order valence-corrected chi connectivity index (χ2v) is 8.49. The van der Waals surface area contributed by atoms with Gasteiger partial charge in [0.15, 0.2) is 0 Å². The smallest absolute Gasteiger partial charge is 0.207 e. The molecule has 1 fully saturated rings. The molecule has 112 valence electrons. The van der Waals surface area contributed by atoms with Crippen molar-refractivity contribution in [3.63, 3.8) is 0 Å². The first-order chi connectivity index (χ1) is 9.36. The Morgan fingerprint density at radius 2 is 2.05 bits per heavy atom. The van der Waals surface area contributed by atoms with E-state index in [0.717, 1.165) is 18.4 Å². The fourth-order valence-electron chi connectivity index (χ4n) is 2.10. The minimum Gasteiger partial charge on any atom is -0.207 e. The van der Waals surface area contributed by atoms with Crippen molar-refractivity contribution in [3.05, 3.63) is 28.2 Å². The predicted octanol–water partition coefficient (Wildman–Crippen LogP) is 4.00. The average Bonchev–Trinajstić information content (AvgIpc) is 3.19. The number of rotatable bonds is 6. The number of hydrogen-bond donors (Lipinski definition) is 0. The molecule has 0 aliphatic heterocycles. The summed E-state index contributed by atoms with van der Waals surface area (Å²) in [5.74, 6) is 0.822. The van der Waals surface area contributed by atoms with E-state index in [2.05, 4.69) is 15.9 Å². The van der Waals surface area contributed by atoms with E-state index in [1.807, 2.05) is 19.9 Å². The molecule has 0 bridgehead atoms. The Bertz CT molecular complexity index is 585. The minimum atomic E-state index is -3.49. The van der Waals surface area contributed by atoms with Crippen molar-refractivity contribution in [2.75, 3.05) is 6.54 Å². The van der Waals surface area contributed by atoms with E-state index in [1.165, 1.54) is 0 Å². The molecular weight excluding hydrogens is 362 g/mol. The standard InChI is InChI=1S/C14H19BrClNO2S/c1-10(2)17(9-11-3-4-11)20(18,19)14-7-12(8-16)5-6-13(14)15/h5-7,10-11H,3-4,8-9H2,1-2H3. The molecule has 1 saturated carbocycles. The third-order valence-corrected chi connectivity index (χ3v) is 6.79. The molecule has 0 heterocycles. The summed E-state index contributed by atoms with van der Waals surface area (Å²) >= 11 is 9.16. The first-order valence-electron chi connectivity index (χ1n) is 6.72. The van der Waals surface area contributed by atoms with Crippen LogP contribution >= 0.6 is 27.5 Å². The second-order valence-electron chi connectivity index (χ2n) is 5.51. The quantitative estimate of drug-likeness (QED) is 0.700. The van der Waals surface area contributed by atoms with Gasteiger partial charge in [-0.2, -0.15) is 4.31 Å². The van der Waals surface area contributed by atoms with Crippen LogP contribution in [0.15, 0.2) is 27.6 Å². The van der Waals surface area contributed by atoms with Gasteiger partial charge in [-0.15, -0.1) is 11.6 Å². The van der Waals surface area contributed by atoms with Crippen molar-refractivity contribution in [3.8, 4) is 0 Å². The van der Waals surface area contributed by atoms with Crippen LogP contribution < -0.4 is 0 Å². The Morgan fingerprint density at radius 1 is 1.40 bits per heavy atom. The summed E-state index contributed by atoms with van der Waals surface area (Å²) in [7, 11) is -3.49. The number of halogens is 2. The zero-order valence-corrected chi connectivity index (χ0v) is 14.8. The van der Waals surface area contributed by atoms with E-state index in [0.29, 0.717) is 27.7 Å². The van der Waals surface area contributed by atoms with E-state index in [4.69, 9.17) is 11.6 Å². The first kappa shape index (κ1) is 16.3. The van der Waals surface area contributed by atoms with E-state index in [-0.39, 0.29) is 6.04 Å². The highest BCUT2D eigenvalue weighted by Crippen LogP contribution is 2.34. The van der Waals surface area contributed by atoms with Gasteiger partial charge in [-0.05, 0) is 66.2 Å². The summed E-state index contributed by atoms with van der Waals surface area (Å²) in [6, 6.07) is 5.19. The lowest BCUT2D eigenvalue weighted by molar-refractivity contribution is 0.341. The summed E-state index contributed by atoms with van der Waals surface area (Å²) in [5, 5.41) is 0. The maximum absolute atomic E-state index is 12.9. The highest BCUT2D eigenvalue weighted by Gasteiger charge is 2.34. The summed E-state index contributed by atoms with van der Waals surface area (Å²) in [5.41, 5.74) is 0.809. The van der Waals surface area contributed by atoms with Crippen molar-refractivity contribution in [2.24, 2.45) is 5.92 Å². The Morgan fingerprint density at radius 3 is 2.55 bits per heavy atom. The summed E-state index contributed by atoms with van der Waals surface area (Å²) in [6.07, 6.45) is 2.25. The largest absolute Gasteiger partial charge is 0.244 e. The molecule has 0 atom stereocenters. The Balaban J connectivity index is 2.40. The molecular formula is C14H19BrClNO2S. The molecule has 0 spiro atoms. The van der Waals surface area contributed by atoms with Crippen molar-refractivity contribution >= 4 is 37.6 Å². The van der Waals surface area contributed by atoms with Crippen LogP contribution in [0.5, 0.6) is 0 Å². The maximum Gasteiger partial charge on any atom is 0.244 e. The van der Waals surface area contributed by atoms with Crippen LogP contribution in [-0.4, -0.2) is 25.3 Å². The molecule has 0 N–H and O–H groups in total. The van der Waals surface area contributed by atoms with Crippen LogP contribution in [0, 0.1) is 5.92 Å². The van der Waals surface area contributed by atoms with E-state index >= 15 is 0 Å². The number of alkyl halides is 1. The van der Waals surface area contributed by atoms with Crippen molar-refractivity contribution < 1.29 is 8.42 Å². The van der Waals surface area contributed by atoms with Crippen LogP contribution in [0.3, 0.4) is 0 Å². The third-order valence-electron chi connectivity index (χ3n) is 3.45. The van der Waals surface area contributed by atoms with Gasteiger partial charge in [-0.1, -0.05) is 6.07 Å². The van der Waals surface area contributed by atoms with Crippen LogP contribution in [-0.2, 0) is 15.9 Å². The SMILES string of the molecule is CC(C)N(CC1CC1)S(=O)(=O)c1cc(CCl)ccc1Br. The highest BCUT2D eigenvalue weighted by atomic mass is 79.9. The molecule has 20 heavy (non-hydrogen) atoms. The van der Waals surface area contributed by atoms with E-state index in [1.54, 1.807) is 16.4 Å². The monoisotopic (exact) mass is 379 g/mol. The zero-order chi connectivity index (χ0) is 14.9. The van der Waals surface area contributed by atoms with Crippen molar-refractivity contribution in [1.82, 2.24) is 4.31 Å². The highest BCUT2D eigenvalue weighted by molar-refractivity contribution is 9.10. The topological polar surface area (TPSA) is 37.4 Å². The number of hydrogen-bond acceptors (Lipinski definition) is 2. The molecule has 0 saturated heterocycles. The second kappa shape index (κ2) is 6.34. The number of sulfonamides is 1. The van der Waals surface area contributed by atoms with Crippen molar-refractivity contribution in [2.45, 2.75) is 43.5 Å². The summed E-state index contributed by atoms with van der Waals surface area (Å²) < 4.78 is 27.9. The van der Waals surface area contributed by atoms with Crippen LogP contribution in [0.2, 0.25) is 0 Å². The van der Waals surface area contributed by atoms with Gasteiger partial charge in [0, 0.05) is 22.9 Å². The maximum atomic E-state index is 12.9. The lowest BCUT2D eigenvalue weighted by Crippen LogP contribution is -2.38. The van der Waals surface area contributed by atoms with Crippen LogP contribution in [0.4, 0.5) is 0 Å². The molecule has 0 aromatic heterocycles. The minimum absolute atomic E-state index is 0.0489. The van der Waals surface area contributed by atoms with Gasteiger partial charge in [0.25, 0.3) is 0 Å². The molecule has 0 unspecified atom stereocenters. The fourth-order valence-corrected chi connectivity index (χ4v) is 4.95. The lowest BCUT2D eigenvalue weighted by atomic mass is 10.2. The Kier molecular flexibility index (Phi) is 5.16. The number of nitrogens with zero attached hydrogens (tertiary/aromatic N) is 1. The molecule has 1 aliphatic carbocycles. The average molecular weight is 381 g/mol. The molecule has 6 heteroatoms. The van der Waals surface area contributed by atoms with Gasteiger partial charge in [-0.25, -0.2) is 8.42 Å². The molecule has 3 nitrogen and oxygen atoms in total. The van der Waals surface area contributed by atoms with Gasteiger partial charge in [0.05, 0.1) is 4.90 Å². The molecule has 1 aromatic rings. The Hall–Kier alpha value is -0.100. The molecule has 2 rings (SSSR count). The Labute approximate surface area is 134 Å². The zero-order valence-electron chi connectivity index (χ0n) is 11.6. The van der Waals surface area contributed by atoms with Crippen LogP contribution in [0.1, 0.15) is 32.3 Å². The lowest BCUT2D eigenvalue weighted by Gasteiger charge is -2.26. The predicted molar refractivity (Wildman–Crippen MR) is 85.5 cm³/mol. The van der Waals surface area contributed by atoms with E-state index < -0.39 is 10.0 Å². The summed E-state index contributed by atoms with van der Waals surface area (Å²) in [4.78, 5) is 0.310. The molecule has 1 aromatic carbocycles. The van der Waals surface area contributed by atoms with Crippen LogP contribution in [0.25, 0.3) is 0 Å². The van der Waals surface area contributed by atoms with Gasteiger partial charge >= 0.3 is 0 Å². The van der Waals surface area contributed by atoms with E-state index in [9.17, 15) is 8.42 Å². The molecule has 0 amide bonds. The van der Waals surface area contributed by atoms with Gasteiger partial charge in [0.1, 0.15) is 0 Å².